The zero-order valence-corrected chi connectivity index (χ0v) is 9.98. The van der Waals surface area contributed by atoms with E-state index in [1.54, 1.807) is 0 Å². The van der Waals surface area contributed by atoms with Crippen LogP contribution in [0.15, 0.2) is 30.3 Å². The minimum atomic E-state index is 0.465. The minimum Gasteiger partial charge on any atom is -0.298 e. The largest absolute Gasteiger partial charge is 0.298 e. The van der Waals surface area contributed by atoms with E-state index in [1.807, 2.05) is 34.9 Å². The molecule has 0 bridgehead atoms. The van der Waals surface area contributed by atoms with Gasteiger partial charge < -0.3 is 0 Å². The Morgan fingerprint density at radius 2 is 1.94 bits per heavy atom. The molecule has 4 heteroatoms. The number of unbranched alkanes of at least 4 members (excludes halogenated alkanes) is 1. The number of benzene rings is 1. The summed E-state index contributed by atoms with van der Waals surface area (Å²) in [6.07, 6.45) is 2.21. The maximum Gasteiger partial charge on any atom is 0.225 e. The third-order valence-electron chi connectivity index (χ3n) is 2.47. The Labute approximate surface area is 100 Å². The Hall–Kier alpha value is -1.35. The zero-order valence-electron chi connectivity index (χ0n) is 9.23. The minimum absolute atomic E-state index is 0.465. The number of hydrogen-bond acceptors (Lipinski definition) is 2. The maximum atomic E-state index is 6.02. The van der Waals surface area contributed by atoms with Crippen LogP contribution in [0.4, 0.5) is 0 Å². The molecule has 1 aromatic heterocycles. The van der Waals surface area contributed by atoms with Crippen LogP contribution in [0, 0.1) is 0 Å². The topological polar surface area (TPSA) is 30.7 Å². The van der Waals surface area contributed by atoms with Crippen molar-refractivity contribution in [2.24, 2.45) is 0 Å². The van der Waals surface area contributed by atoms with E-state index >= 15 is 0 Å². The molecule has 0 atom stereocenters. The van der Waals surface area contributed by atoms with Crippen LogP contribution in [0.3, 0.4) is 0 Å². The molecule has 0 unspecified atom stereocenters. The van der Waals surface area contributed by atoms with Crippen molar-refractivity contribution < 1.29 is 0 Å². The molecule has 16 heavy (non-hydrogen) atoms. The van der Waals surface area contributed by atoms with Gasteiger partial charge in [0.05, 0.1) is 0 Å². The van der Waals surface area contributed by atoms with Crippen molar-refractivity contribution in [1.82, 2.24) is 14.8 Å². The van der Waals surface area contributed by atoms with Gasteiger partial charge in [0.2, 0.25) is 5.28 Å². The molecular formula is C12H14ClN3. The molecule has 0 radical (unpaired) electrons. The molecule has 1 heterocycles. The van der Waals surface area contributed by atoms with Crippen LogP contribution in [0.25, 0.3) is 11.4 Å². The van der Waals surface area contributed by atoms with E-state index in [9.17, 15) is 0 Å². The van der Waals surface area contributed by atoms with Gasteiger partial charge in [-0.1, -0.05) is 43.7 Å². The van der Waals surface area contributed by atoms with Crippen LogP contribution < -0.4 is 0 Å². The van der Waals surface area contributed by atoms with Gasteiger partial charge in [-0.2, -0.15) is 0 Å². The summed E-state index contributed by atoms with van der Waals surface area (Å²) in [4.78, 5) is 0. The average Bonchev–Trinajstić information content (AvgIpc) is 2.69. The Bertz CT molecular complexity index is 451. The summed E-state index contributed by atoms with van der Waals surface area (Å²) in [5.74, 6) is 0.846. The molecule has 1 aromatic carbocycles. The summed E-state index contributed by atoms with van der Waals surface area (Å²) >= 11 is 6.02. The van der Waals surface area contributed by atoms with Crippen LogP contribution >= 0.6 is 11.6 Å². The fourth-order valence-corrected chi connectivity index (χ4v) is 1.80. The number of halogens is 1. The first kappa shape index (κ1) is 11.1. The quantitative estimate of drug-likeness (QED) is 0.813. The van der Waals surface area contributed by atoms with Crippen molar-refractivity contribution in [3.8, 4) is 11.4 Å². The van der Waals surface area contributed by atoms with Gasteiger partial charge in [-0.05, 0) is 18.0 Å². The van der Waals surface area contributed by atoms with Crippen LogP contribution in [0.5, 0.6) is 0 Å². The molecule has 0 spiro atoms. The molecular weight excluding hydrogens is 222 g/mol. The number of aromatic nitrogens is 3. The molecule has 2 rings (SSSR count). The first-order valence-electron chi connectivity index (χ1n) is 5.47. The van der Waals surface area contributed by atoms with Crippen molar-refractivity contribution in [2.45, 2.75) is 26.3 Å². The van der Waals surface area contributed by atoms with E-state index in [2.05, 4.69) is 17.1 Å². The lowest BCUT2D eigenvalue weighted by molar-refractivity contribution is 0.635. The van der Waals surface area contributed by atoms with Crippen molar-refractivity contribution in [2.75, 3.05) is 0 Å². The van der Waals surface area contributed by atoms with E-state index in [0.717, 1.165) is 30.8 Å². The highest BCUT2D eigenvalue weighted by Gasteiger charge is 2.10. The standard InChI is InChI=1S/C12H14ClN3/c1-2-3-9-16-11(14-15-12(16)13)10-7-5-4-6-8-10/h4-8H,2-3,9H2,1H3. The SMILES string of the molecule is CCCCn1c(Cl)nnc1-c1ccccc1. The molecule has 2 aromatic rings. The van der Waals surface area contributed by atoms with Gasteiger partial charge in [-0.3, -0.25) is 4.57 Å². The third-order valence-corrected chi connectivity index (χ3v) is 2.75. The van der Waals surface area contributed by atoms with Gasteiger partial charge in [0, 0.05) is 12.1 Å². The van der Waals surface area contributed by atoms with Gasteiger partial charge in [-0.25, -0.2) is 0 Å². The van der Waals surface area contributed by atoms with Gasteiger partial charge in [0.1, 0.15) is 0 Å². The van der Waals surface area contributed by atoms with Crippen molar-refractivity contribution in [1.29, 1.82) is 0 Å². The highest BCUT2D eigenvalue weighted by Crippen LogP contribution is 2.20. The van der Waals surface area contributed by atoms with E-state index < -0.39 is 0 Å². The van der Waals surface area contributed by atoms with Gasteiger partial charge in [0.15, 0.2) is 5.82 Å². The second-order valence-electron chi connectivity index (χ2n) is 3.66. The van der Waals surface area contributed by atoms with Crippen LogP contribution in [0.1, 0.15) is 19.8 Å². The fraction of sp³-hybridized carbons (Fsp3) is 0.333. The normalized spacial score (nSPS) is 10.6. The first-order valence-corrected chi connectivity index (χ1v) is 5.85. The molecule has 0 aliphatic carbocycles. The molecule has 0 fully saturated rings. The second-order valence-corrected chi connectivity index (χ2v) is 4.00. The van der Waals surface area contributed by atoms with E-state index in [-0.39, 0.29) is 0 Å². The van der Waals surface area contributed by atoms with E-state index in [1.165, 1.54) is 0 Å². The van der Waals surface area contributed by atoms with E-state index in [0.29, 0.717) is 5.28 Å². The molecule has 0 saturated heterocycles. The van der Waals surface area contributed by atoms with Crippen molar-refractivity contribution in [3.63, 3.8) is 0 Å². The highest BCUT2D eigenvalue weighted by atomic mass is 35.5. The van der Waals surface area contributed by atoms with Crippen molar-refractivity contribution >= 4 is 11.6 Å². The Morgan fingerprint density at radius 3 is 2.62 bits per heavy atom. The summed E-state index contributed by atoms with van der Waals surface area (Å²) in [7, 11) is 0. The monoisotopic (exact) mass is 235 g/mol. The third kappa shape index (κ3) is 2.25. The average molecular weight is 236 g/mol. The molecule has 0 aliphatic rings. The molecule has 0 saturated carbocycles. The predicted octanol–water partition coefficient (Wildman–Crippen LogP) is 3.40. The molecule has 0 N–H and O–H groups in total. The lowest BCUT2D eigenvalue weighted by atomic mass is 10.2. The number of nitrogens with zero attached hydrogens (tertiary/aromatic N) is 3. The van der Waals surface area contributed by atoms with Crippen molar-refractivity contribution in [3.05, 3.63) is 35.6 Å². The Balaban J connectivity index is 2.34. The highest BCUT2D eigenvalue weighted by molar-refractivity contribution is 6.28. The number of rotatable bonds is 4. The first-order chi connectivity index (χ1) is 7.83. The summed E-state index contributed by atoms with van der Waals surface area (Å²) < 4.78 is 1.96. The lowest BCUT2D eigenvalue weighted by Gasteiger charge is -2.06. The lowest BCUT2D eigenvalue weighted by Crippen LogP contribution is -2.00. The summed E-state index contributed by atoms with van der Waals surface area (Å²) in [5, 5.41) is 8.51. The fourth-order valence-electron chi connectivity index (χ4n) is 1.60. The maximum absolute atomic E-state index is 6.02. The molecule has 84 valence electrons. The van der Waals surface area contributed by atoms with E-state index in [4.69, 9.17) is 11.6 Å². The van der Waals surface area contributed by atoms with Crippen LogP contribution in [-0.2, 0) is 6.54 Å². The Kier molecular flexibility index (Phi) is 3.57. The molecule has 3 nitrogen and oxygen atoms in total. The second kappa shape index (κ2) is 5.12. The molecule has 0 amide bonds. The van der Waals surface area contributed by atoms with Gasteiger partial charge >= 0.3 is 0 Å². The summed E-state index contributed by atoms with van der Waals surface area (Å²) in [6, 6.07) is 9.99. The summed E-state index contributed by atoms with van der Waals surface area (Å²) in [5.41, 5.74) is 1.05. The van der Waals surface area contributed by atoms with Crippen LogP contribution in [-0.4, -0.2) is 14.8 Å². The predicted molar refractivity (Wildman–Crippen MR) is 65.4 cm³/mol. The van der Waals surface area contributed by atoms with Crippen LogP contribution in [0.2, 0.25) is 5.28 Å². The Morgan fingerprint density at radius 1 is 1.19 bits per heavy atom. The zero-order chi connectivity index (χ0) is 11.4. The van der Waals surface area contributed by atoms with Gasteiger partial charge in [-0.15, -0.1) is 10.2 Å². The number of hydrogen-bond donors (Lipinski definition) is 0. The summed E-state index contributed by atoms with van der Waals surface area (Å²) in [6.45, 7) is 3.02. The van der Waals surface area contributed by atoms with Gasteiger partial charge in [0.25, 0.3) is 0 Å². The molecule has 0 aliphatic heterocycles. The smallest absolute Gasteiger partial charge is 0.225 e.